The standard InChI is InChI=1S/C13H17Br/c1-10-8-12(6-7-13(10)14)9-11-4-2-3-5-11/h6-8,11H,2-5,9H2,1H3. The Morgan fingerprint density at radius 1 is 1.29 bits per heavy atom. The van der Waals surface area contributed by atoms with Gasteiger partial charge in [0.15, 0.2) is 0 Å². The van der Waals surface area contributed by atoms with Crippen molar-refractivity contribution in [2.75, 3.05) is 0 Å². The third kappa shape index (κ3) is 2.38. The van der Waals surface area contributed by atoms with E-state index in [0.29, 0.717) is 0 Å². The molecule has 1 fully saturated rings. The predicted octanol–water partition coefficient (Wildman–Crippen LogP) is 4.49. The highest BCUT2D eigenvalue weighted by Gasteiger charge is 2.15. The van der Waals surface area contributed by atoms with E-state index >= 15 is 0 Å². The largest absolute Gasteiger partial charge is 0.0579 e. The van der Waals surface area contributed by atoms with Crippen LogP contribution in [-0.4, -0.2) is 0 Å². The van der Waals surface area contributed by atoms with Crippen LogP contribution in [0, 0.1) is 12.8 Å². The summed E-state index contributed by atoms with van der Waals surface area (Å²) in [6, 6.07) is 6.76. The smallest absolute Gasteiger partial charge is 0.0204 e. The molecule has 0 bridgehead atoms. The minimum absolute atomic E-state index is 0.954. The van der Waals surface area contributed by atoms with Gasteiger partial charge in [-0.05, 0) is 36.5 Å². The molecule has 1 heteroatoms. The van der Waals surface area contributed by atoms with Gasteiger partial charge >= 0.3 is 0 Å². The van der Waals surface area contributed by atoms with Crippen molar-refractivity contribution in [1.82, 2.24) is 0 Å². The van der Waals surface area contributed by atoms with Crippen LogP contribution < -0.4 is 0 Å². The summed E-state index contributed by atoms with van der Waals surface area (Å²) in [6.45, 7) is 2.17. The van der Waals surface area contributed by atoms with Crippen molar-refractivity contribution in [2.24, 2.45) is 5.92 Å². The van der Waals surface area contributed by atoms with Gasteiger partial charge in [-0.2, -0.15) is 0 Å². The summed E-state index contributed by atoms with van der Waals surface area (Å²) in [4.78, 5) is 0. The molecule has 0 unspecified atom stereocenters. The Bertz CT molecular complexity index is 311. The van der Waals surface area contributed by atoms with Gasteiger partial charge in [-0.3, -0.25) is 0 Å². The van der Waals surface area contributed by atoms with E-state index in [2.05, 4.69) is 41.1 Å². The first kappa shape index (κ1) is 10.2. The van der Waals surface area contributed by atoms with Gasteiger partial charge in [0, 0.05) is 4.47 Å². The molecule has 1 aliphatic rings. The molecule has 14 heavy (non-hydrogen) atoms. The van der Waals surface area contributed by atoms with E-state index < -0.39 is 0 Å². The molecule has 0 spiro atoms. The van der Waals surface area contributed by atoms with Gasteiger partial charge in [0.1, 0.15) is 0 Å². The topological polar surface area (TPSA) is 0 Å². The number of rotatable bonds is 2. The van der Waals surface area contributed by atoms with E-state index in [1.54, 1.807) is 0 Å². The summed E-state index contributed by atoms with van der Waals surface area (Å²) in [6.07, 6.45) is 7.05. The second-order valence-electron chi connectivity index (χ2n) is 4.44. The molecule has 0 N–H and O–H groups in total. The molecular formula is C13H17Br. The zero-order valence-electron chi connectivity index (χ0n) is 8.72. The fraction of sp³-hybridized carbons (Fsp3) is 0.538. The van der Waals surface area contributed by atoms with Crippen molar-refractivity contribution in [3.05, 3.63) is 33.8 Å². The lowest BCUT2D eigenvalue weighted by molar-refractivity contribution is 0.546. The van der Waals surface area contributed by atoms with Crippen LogP contribution in [0.15, 0.2) is 22.7 Å². The molecule has 0 heterocycles. The summed E-state index contributed by atoms with van der Waals surface area (Å²) < 4.78 is 1.23. The van der Waals surface area contributed by atoms with Crippen LogP contribution in [0.4, 0.5) is 0 Å². The van der Waals surface area contributed by atoms with Crippen LogP contribution in [0.5, 0.6) is 0 Å². The second kappa shape index (κ2) is 4.48. The van der Waals surface area contributed by atoms with Crippen LogP contribution in [0.25, 0.3) is 0 Å². The molecule has 0 aliphatic heterocycles. The maximum Gasteiger partial charge on any atom is 0.0204 e. The van der Waals surface area contributed by atoms with Crippen LogP contribution in [0.1, 0.15) is 36.8 Å². The van der Waals surface area contributed by atoms with E-state index in [9.17, 15) is 0 Å². The second-order valence-corrected chi connectivity index (χ2v) is 5.29. The van der Waals surface area contributed by atoms with Crippen LogP contribution in [0.2, 0.25) is 0 Å². The summed E-state index contributed by atoms with van der Waals surface area (Å²) in [5, 5.41) is 0. The Morgan fingerprint density at radius 3 is 2.64 bits per heavy atom. The molecule has 76 valence electrons. The molecule has 0 saturated heterocycles. The number of hydrogen-bond acceptors (Lipinski definition) is 0. The minimum Gasteiger partial charge on any atom is -0.0579 e. The number of aryl methyl sites for hydroxylation is 1. The van der Waals surface area contributed by atoms with Gasteiger partial charge < -0.3 is 0 Å². The van der Waals surface area contributed by atoms with Gasteiger partial charge in [0.25, 0.3) is 0 Å². The maximum atomic E-state index is 3.54. The third-order valence-electron chi connectivity index (χ3n) is 3.22. The molecule has 1 aliphatic carbocycles. The molecule has 1 aromatic rings. The lowest BCUT2D eigenvalue weighted by Crippen LogP contribution is -1.98. The highest BCUT2D eigenvalue weighted by molar-refractivity contribution is 9.10. The van der Waals surface area contributed by atoms with Crippen LogP contribution in [-0.2, 0) is 6.42 Å². The zero-order valence-corrected chi connectivity index (χ0v) is 10.3. The highest BCUT2D eigenvalue weighted by atomic mass is 79.9. The molecule has 0 aromatic heterocycles. The Labute approximate surface area is 94.8 Å². The summed E-state index contributed by atoms with van der Waals surface area (Å²) in [5.74, 6) is 0.954. The van der Waals surface area contributed by atoms with E-state index in [1.807, 2.05) is 0 Å². The normalized spacial score (nSPS) is 17.6. The van der Waals surface area contributed by atoms with Gasteiger partial charge in [-0.25, -0.2) is 0 Å². The third-order valence-corrected chi connectivity index (χ3v) is 4.11. The van der Waals surface area contributed by atoms with Crippen molar-refractivity contribution in [3.63, 3.8) is 0 Å². The van der Waals surface area contributed by atoms with Gasteiger partial charge in [0.2, 0.25) is 0 Å². The fourth-order valence-electron chi connectivity index (χ4n) is 2.38. The Balaban J connectivity index is 2.05. The predicted molar refractivity (Wildman–Crippen MR) is 64.5 cm³/mol. The van der Waals surface area contributed by atoms with Gasteiger partial charge in [-0.15, -0.1) is 0 Å². The van der Waals surface area contributed by atoms with Crippen molar-refractivity contribution in [3.8, 4) is 0 Å². The van der Waals surface area contributed by atoms with E-state index in [-0.39, 0.29) is 0 Å². The minimum atomic E-state index is 0.954. The van der Waals surface area contributed by atoms with Gasteiger partial charge in [-0.1, -0.05) is 53.7 Å². The van der Waals surface area contributed by atoms with Crippen LogP contribution >= 0.6 is 15.9 Å². The first-order chi connectivity index (χ1) is 6.75. The average Bonchev–Trinajstić information content (AvgIpc) is 2.64. The molecule has 0 atom stereocenters. The van der Waals surface area contributed by atoms with E-state index in [1.165, 1.54) is 47.7 Å². The zero-order chi connectivity index (χ0) is 9.97. The lowest BCUT2D eigenvalue weighted by Gasteiger charge is -2.09. The molecule has 2 rings (SSSR count). The number of hydrogen-bond donors (Lipinski definition) is 0. The Hall–Kier alpha value is -0.300. The van der Waals surface area contributed by atoms with Crippen molar-refractivity contribution >= 4 is 15.9 Å². The summed E-state index contributed by atoms with van der Waals surface area (Å²) in [5.41, 5.74) is 2.87. The van der Waals surface area contributed by atoms with Crippen molar-refractivity contribution in [2.45, 2.75) is 39.0 Å². The molecule has 0 nitrogen and oxygen atoms in total. The molecule has 0 amide bonds. The fourth-order valence-corrected chi connectivity index (χ4v) is 2.63. The summed E-state index contributed by atoms with van der Waals surface area (Å²) >= 11 is 3.54. The first-order valence-electron chi connectivity index (χ1n) is 5.51. The van der Waals surface area contributed by atoms with Crippen molar-refractivity contribution in [1.29, 1.82) is 0 Å². The van der Waals surface area contributed by atoms with E-state index in [4.69, 9.17) is 0 Å². The van der Waals surface area contributed by atoms with Gasteiger partial charge in [0.05, 0.1) is 0 Å². The SMILES string of the molecule is Cc1cc(CC2CCCC2)ccc1Br. The average molecular weight is 253 g/mol. The van der Waals surface area contributed by atoms with Crippen molar-refractivity contribution < 1.29 is 0 Å². The number of halogens is 1. The monoisotopic (exact) mass is 252 g/mol. The molecule has 0 radical (unpaired) electrons. The Morgan fingerprint density at radius 2 is 2.00 bits per heavy atom. The summed E-state index contributed by atoms with van der Waals surface area (Å²) in [7, 11) is 0. The first-order valence-corrected chi connectivity index (χ1v) is 6.30. The quantitative estimate of drug-likeness (QED) is 0.728. The Kier molecular flexibility index (Phi) is 3.27. The van der Waals surface area contributed by atoms with Crippen LogP contribution in [0.3, 0.4) is 0 Å². The molecule has 1 aromatic carbocycles. The molecular weight excluding hydrogens is 236 g/mol. The highest BCUT2D eigenvalue weighted by Crippen LogP contribution is 2.29. The van der Waals surface area contributed by atoms with E-state index in [0.717, 1.165) is 5.92 Å². The number of benzene rings is 1. The maximum absolute atomic E-state index is 3.54. The molecule has 1 saturated carbocycles. The lowest BCUT2D eigenvalue weighted by atomic mass is 9.97.